The molecule has 0 aliphatic carbocycles. The largest absolute Gasteiger partial charge is 0.476 e. The second kappa shape index (κ2) is 9.88. The van der Waals surface area contributed by atoms with Crippen molar-refractivity contribution in [3.8, 4) is 5.75 Å². The van der Waals surface area contributed by atoms with Gasteiger partial charge in [-0.25, -0.2) is 5.10 Å². The van der Waals surface area contributed by atoms with Crippen molar-refractivity contribution in [1.29, 1.82) is 0 Å². The van der Waals surface area contributed by atoms with E-state index in [0.717, 1.165) is 17.7 Å². The van der Waals surface area contributed by atoms with Crippen molar-refractivity contribution in [2.45, 2.75) is 38.7 Å². The third kappa shape index (κ3) is 5.28. The first kappa shape index (κ1) is 20.6. The molecule has 0 fully saturated rings. The summed E-state index contributed by atoms with van der Waals surface area (Å²) in [5, 5.41) is 20.0. The molecule has 31 heavy (non-hydrogen) atoms. The minimum absolute atomic E-state index is 0.229. The van der Waals surface area contributed by atoms with Gasteiger partial charge in [0.2, 0.25) is 5.91 Å². The van der Waals surface area contributed by atoms with Gasteiger partial charge in [0.05, 0.1) is 17.9 Å². The number of aromatic amines is 1. The number of ether oxygens (including phenoxy) is 1. The monoisotopic (exact) mass is 418 g/mol. The summed E-state index contributed by atoms with van der Waals surface area (Å²) in [5.74, 6) is 0.859. The van der Waals surface area contributed by atoms with Crippen molar-refractivity contribution in [1.82, 2.24) is 20.6 Å². The van der Waals surface area contributed by atoms with Crippen LogP contribution in [0.3, 0.4) is 0 Å². The number of unbranched alkanes of at least 4 members (excludes halogenated alkanes) is 2. The van der Waals surface area contributed by atoms with E-state index in [1.165, 1.54) is 30.9 Å². The Labute approximate surface area is 181 Å². The molecule has 2 heterocycles. The molecule has 1 aromatic heterocycles. The number of aromatic nitrogens is 4. The zero-order chi connectivity index (χ0) is 21.5. The van der Waals surface area contributed by atoms with Crippen LogP contribution in [-0.2, 0) is 11.2 Å². The summed E-state index contributed by atoms with van der Waals surface area (Å²) in [7, 11) is 0. The molecule has 1 aliphatic rings. The highest BCUT2D eigenvalue weighted by Gasteiger charge is 2.26. The maximum absolute atomic E-state index is 12.5. The van der Waals surface area contributed by atoms with Gasteiger partial charge in [0, 0.05) is 6.08 Å². The Morgan fingerprint density at radius 3 is 2.87 bits per heavy atom. The van der Waals surface area contributed by atoms with Crippen LogP contribution in [0.5, 0.6) is 5.75 Å². The molecule has 0 saturated heterocycles. The molecular formula is C23H26N6O2. The number of rotatable bonds is 8. The van der Waals surface area contributed by atoms with Crippen molar-refractivity contribution in [3.05, 3.63) is 65.5 Å². The summed E-state index contributed by atoms with van der Waals surface area (Å²) in [6.45, 7) is 2.73. The van der Waals surface area contributed by atoms with E-state index < -0.39 is 0 Å². The molecule has 1 unspecified atom stereocenters. The highest BCUT2D eigenvalue weighted by atomic mass is 16.5. The number of para-hydroxylation sites is 1. The van der Waals surface area contributed by atoms with Gasteiger partial charge >= 0.3 is 0 Å². The van der Waals surface area contributed by atoms with E-state index in [1.54, 1.807) is 6.07 Å². The molecule has 160 valence electrons. The normalized spacial score (nSPS) is 15.2. The number of carbonyl (C=O) groups is 1. The second-order valence-electron chi connectivity index (χ2n) is 7.48. The Morgan fingerprint density at radius 2 is 2.10 bits per heavy atom. The minimum Gasteiger partial charge on any atom is -0.476 e. The van der Waals surface area contributed by atoms with E-state index in [-0.39, 0.29) is 12.0 Å². The first-order chi connectivity index (χ1) is 15.2. The Hall–Kier alpha value is -3.68. The van der Waals surface area contributed by atoms with Crippen molar-refractivity contribution >= 4 is 23.4 Å². The van der Waals surface area contributed by atoms with E-state index in [2.05, 4.69) is 50.3 Å². The van der Waals surface area contributed by atoms with E-state index >= 15 is 0 Å². The number of H-pyrrole nitrogens is 1. The summed E-state index contributed by atoms with van der Waals surface area (Å²) < 4.78 is 6.05. The fourth-order valence-corrected chi connectivity index (χ4v) is 3.46. The number of amides is 1. The van der Waals surface area contributed by atoms with Crippen molar-refractivity contribution in [2.24, 2.45) is 0 Å². The summed E-state index contributed by atoms with van der Waals surface area (Å²) in [5.41, 5.74) is 3.71. The first-order valence-corrected chi connectivity index (χ1v) is 10.6. The Morgan fingerprint density at radius 1 is 1.23 bits per heavy atom. The first-order valence-electron chi connectivity index (χ1n) is 10.6. The quantitative estimate of drug-likeness (QED) is 0.375. The molecule has 1 amide bonds. The molecule has 8 heteroatoms. The van der Waals surface area contributed by atoms with Gasteiger partial charge in [0.1, 0.15) is 0 Å². The van der Waals surface area contributed by atoms with Gasteiger partial charge < -0.3 is 15.4 Å². The molecular weight excluding hydrogens is 392 g/mol. The van der Waals surface area contributed by atoms with Crippen LogP contribution in [0.2, 0.25) is 0 Å². The lowest BCUT2D eigenvalue weighted by Crippen LogP contribution is -2.25. The minimum atomic E-state index is -0.369. The van der Waals surface area contributed by atoms with E-state index in [4.69, 9.17) is 4.74 Å². The number of fused-ring (bicyclic) bond motifs is 1. The fourth-order valence-electron chi connectivity index (χ4n) is 3.46. The third-order valence-corrected chi connectivity index (χ3v) is 5.15. The number of benzene rings is 2. The molecule has 1 atom stereocenters. The molecule has 4 rings (SSSR count). The zero-order valence-corrected chi connectivity index (χ0v) is 17.5. The molecule has 0 radical (unpaired) electrons. The van der Waals surface area contributed by atoms with Crippen molar-refractivity contribution in [3.63, 3.8) is 0 Å². The number of nitrogens with zero attached hydrogens (tertiary/aromatic N) is 3. The molecule has 1 aliphatic heterocycles. The van der Waals surface area contributed by atoms with Gasteiger partial charge in [-0.05, 0) is 52.6 Å². The Balaban J connectivity index is 1.39. The second-order valence-corrected chi connectivity index (χ2v) is 7.48. The number of nitrogens with one attached hydrogen (secondary N) is 3. The molecule has 0 bridgehead atoms. The average Bonchev–Trinajstić information content (AvgIpc) is 3.34. The number of tetrazole rings is 1. The number of hydrogen-bond donors (Lipinski definition) is 3. The van der Waals surface area contributed by atoms with Gasteiger partial charge in [-0.2, -0.15) is 0 Å². The molecule has 3 N–H and O–H groups in total. The highest BCUT2D eigenvalue weighted by molar-refractivity contribution is 6.03. The van der Waals surface area contributed by atoms with Gasteiger partial charge in [-0.3, -0.25) is 4.79 Å². The van der Waals surface area contributed by atoms with Crippen LogP contribution in [-0.4, -0.2) is 33.1 Å². The lowest BCUT2D eigenvalue weighted by molar-refractivity contribution is -0.111. The molecule has 3 aromatic rings. The zero-order valence-electron chi connectivity index (χ0n) is 17.5. The number of hydrogen-bond acceptors (Lipinski definition) is 6. The van der Waals surface area contributed by atoms with Crippen LogP contribution in [0.4, 0.5) is 11.4 Å². The molecule has 0 saturated carbocycles. The Kier molecular flexibility index (Phi) is 6.56. The van der Waals surface area contributed by atoms with Gasteiger partial charge in [0.25, 0.3) is 0 Å². The average molecular weight is 419 g/mol. The smallest absolute Gasteiger partial charge is 0.248 e. The SMILES string of the molecule is CCCCCc1ccc(/C=C/C(=O)Nc2cccc3c2OC(c2nnn[nH]2)CN3)cc1. The van der Waals surface area contributed by atoms with Crippen molar-refractivity contribution in [2.75, 3.05) is 17.2 Å². The van der Waals surface area contributed by atoms with Crippen LogP contribution in [0.1, 0.15) is 49.2 Å². The fraction of sp³-hybridized carbons (Fsp3) is 0.304. The molecule has 8 nitrogen and oxygen atoms in total. The summed E-state index contributed by atoms with van der Waals surface area (Å²) >= 11 is 0. The molecule has 0 spiro atoms. The number of anilines is 2. The van der Waals surface area contributed by atoms with Gasteiger partial charge in [-0.15, -0.1) is 5.10 Å². The lowest BCUT2D eigenvalue weighted by Gasteiger charge is -2.27. The van der Waals surface area contributed by atoms with Crippen LogP contribution < -0.4 is 15.4 Å². The van der Waals surface area contributed by atoms with Crippen LogP contribution in [0, 0.1) is 0 Å². The summed E-state index contributed by atoms with van der Waals surface area (Å²) in [4.78, 5) is 12.5. The maximum atomic E-state index is 12.5. The van der Waals surface area contributed by atoms with Crippen LogP contribution in [0.25, 0.3) is 6.08 Å². The van der Waals surface area contributed by atoms with Gasteiger partial charge in [-0.1, -0.05) is 50.1 Å². The summed E-state index contributed by atoms with van der Waals surface area (Å²) in [6, 6.07) is 13.9. The maximum Gasteiger partial charge on any atom is 0.248 e. The topological polar surface area (TPSA) is 105 Å². The van der Waals surface area contributed by atoms with E-state index in [1.807, 2.05) is 30.3 Å². The van der Waals surface area contributed by atoms with Crippen molar-refractivity contribution < 1.29 is 9.53 Å². The predicted octanol–water partition coefficient (Wildman–Crippen LogP) is 4.13. The predicted molar refractivity (Wildman–Crippen MR) is 120 cm³/mol. The summed E-state index contributed by atoms with van der Waals surface area (Å²) in [6.07, 6.45) is 7.74. The van der Waals surface area contributed by atoms with Gasteiger partial charge in [0.15, 0.2) is 17.7 Å². The highest BCUT2D eigenvalue weighted by Crippen LogP contribution is 2.39. The van der Waals surface area contributed by atoms with E-state index in [9.17, 15) is 4.79 Å². The van der Waals surface area contributed by atoms with Crippen LogP contribution in [0.15, 0.2) is 48.5 Å². The molecule has 2 aromatic carbocycles. The standard InChI is InChI=1S/C23H26N6O2/c1-2-3-4-6-16-9-11-17(12-10-16)13-14-21(30)25-19-8-5-7-18-22(19)31-20(15-24-18)23-26-28-29-27-23/h5,7-14,20,24H,2-4,6,15H2,1H3,(H,25,30)(H,26,27,28,29)/b14-13+. The third-order valence-electron chi connectivity index (χ3n) is 5.15. The lowest BCUT2D eigenvalue weighted by atomic mass is 10.1. The van der Waals surface area contributed by atoms with Crippen LogP contribution >= 0.6 is 0 Å². The number of aryl methyl sites for hydroxylation is 1. The number of carbonyl (C=O) groups excluding carboxylic acids is 1. The Bertz CT molecular complexity index is 1030. The van der Waals surface area contributed by atoms with E-state index in [0.29, 0.717) is 23.8 Å².